The zero-order valence-electron chi connectivity index (χ0n) is 21.8. The molecule has 210 valence electrons. The Morgan fingerprint density at radius 3 is 1.05 bits per heavy atom. The Labute approximate surface area is 225 Å². The van der Waals surface area contributed by atoms with Gasteiger partial charge in [-0.3, -0.25) is 14.4 Å². The largest absolute Gasteiger partial charge is 0.394 e. The molecule has 0 radical (unpaired) electrons. The fourth-order valence-electron chi connectivity index (χ4n) is 4.67. The SMILES string of the molecule is Nc1cccn(C2CCOC2)c1=O.Nc1cccn([C@@H]2CCOC2)c1=O.Nc1cccn([C@H]2CCOC2)c1=O. The molecular weight excluding hydrogens is 504 g/mol. The molecule has 12 nitrogen and oxygen atoms in total. The summed E-state index contributed by atoms with van der Waals surface area (Å²) in [6, 6.07) is 10.7. The molecule has 0 saturated carbocycles. The molecular formula is C27H36N6O6. The number of anilines is 3. The second-order valence-electron chi connectivity index (χ2n) is 9.58. The Morgan fingerprint density at radius 2 is 0.821 bits per heavy atom. The van der Waals surface area contributed by atoms with Gasteiger partial charge >= 0.3 is 0 Å². The van der Waals surface area contributed by atoms with Gasteiger partial charge < -0.3 is 45.1 Å². The third-order valence-corrected chi connectivity index (χ3v) is 6.91. The van der Waals surface area contributed by atoms with Crippen molar-refractivity contribution in [1.82, 2.24) is 13.7 Å². The number of hydrogen-bond donors (Lipinski definition) is 3. The number of nitrogens with zero attached hydrogens (tertiary/aromatic N) is 3. The summed E-state index contributed by atoms with van der Waals surface area (Å²) < 4.78 is 20.6. The molecule has 3 aliphatic rings. The first kappa shape index (κ1) is 28.1. The van der Waals surface area contributed by atoms with E-state index < -0.39 is 0 Å². The van der Waals surface area contributed by atoms with Gasteiger partial charge in [-0.15, -0.1) is 0 Å². The van der Waals surface area contributed by atoms with E-state index in [0.717, 1.165) is 39.1 Å². The highest BCUT2D eigenvalue weighted by Gasteiger charge is 2.20. The molecule has 3 aromatic rings. The summed E-state index contributed by atoms with van der Waals surface area (Å²) in [6.45, 7) is 4.03. The van der Waals surface area contributed by atoms with Gasteiger partial charge in [0.2, 0.25) is 0 Å². The Balaban J connectivity index is 0.000000136. The van der Waals surface area contributed by atoms with Crippen molar-refractivity contribution in [3.8, 4) is 0 Å². The topological polar surface area (TPSA) is 172 Å². The number of ether oxygens (including phenoxy) is 3. The van der Waals surface area contributed by atoms with Gasteiger partial charge in [0.15, 0.2) is 0 Å². The average molecular weight is 541 g/mol. The number of nitrogens with two attached hydrogens (primary N) is 3. The van der Waals surface area contributed by atoms with E-state index in [2.05, 4.69) is 0 Å². The second-order valence-corrected chi connectivity index (χ2v) is 9.58. The van der Waals surface area contributed by atoms with Crippen LogP contribution in [0, 0.1) is 0 Å². The first-order valence-corrected chi connectivity index (χ1v) is 13.0. The molecule has 3 fully saturated rings. The highest BCUT2D eigenvalue weighted by atomic mass is 16.5. The van der Waals surface area contributed by atoms with Crippen LogP contribution in [0.1, 0.15) is 37.4 Å². The van der Waals surface area contributed by atoms with E-state index in [1.807, 2.05) is 0 Å². The van der Waals surface area contributed by atoms with Crippen molar-refractivity contribution in [2.45, 2.75) is 37.4 Å². The van der Waals surface area contributed by atoms with E-state index in [9.17, 15) is 14.4 Å². The minimum Gasteiger partial charge on any atom is -0.394 e. The Morgan fingerprint density at radius 1 is 0.538 bits per heavy atom. The standard InChI is InChI=1S/3C9H12N2O2/c3*10-8-2-1-4-11(9(8)12)7-3-5-13-6-7/h3*1-2,4,7H,3,5-6,10H2/t2*7-;/m10./s1. The molecule has 0 aliphatic carbocycles. The normalized spacial score (nSPS) is 22.0. The van der Waals surface area contributed by atoms with E-state index in [0.29, 0.717) is 36.9 Å². The van der Waals surface area contributed by atoms with Crippen molar-refractivity contribution in [1.29, 1.82) is 0 Å². The van der Waals surface area contributed by atoms with Gasteiger partial charge in [0.1, 0.15) is 0 Å². The lowest BCUT2D eigenvalue weighted by molar-refractivity contribution is 0.186. The van der Waals surface area contributed by atoms with Crippen LogP contribution in [-0.4, -0.2) is 53.3 Å². The van der Waals surface area contributed by atoms with E-state index >= 15 is 0 Å². The van der Waals surface area contributed by atoms with E-state index in [1.54, 1.807) is 68.7 Å². The highest BCUT2D eigenvalue weighted by molar-refractivity contribution is 5.35. The first-order chi connectivity index (χ1) is 18.9. The molecule has 3 saturated heterocycles. The van der Waals surface area contributed by atoms with Crippen LogP contribution in [-0.2, 0) is 14.2 Å². The maximum atomic E-state index is 11.5. The molecule has 0 amide bonds. The molecule has 0 spiro atoms. The lowest BCUT2D eigenvalue weighted by Gasteiger charge is -2.11. The van der Waals surface area contributed by atoms with Crippen molar-refractivity contribution in [3.63, 3.8) is 0 Å². The van der Waals surface area contributed by atoms with Crippen LogP contribution in [0.5, 0.6) is 0 Å². The summed E-state index contributed by atoms with van der Waals surface area (Å²) in [5, 5.41) is 0. The van der Waals surface area contributed by atoms with Gasteiger partial charge in [0, 0.05) is 38.4 Å². The Hall–Kier alpha value is -3.87. The van der Waals surface area contributed by atoms with E-state index in [4.69, 9.17) is 31.4 Å². The van der Waals surface area contributed by atoms with Crippen LogP contribution in [0.2, 0.25) is 0 Å². The van der Waals surface area contributed by atoms with Crippen molar-refractivity contribution in [2.24, 2.45) is 0 Å². The van der Waals surface area contributed by atoms with Gasteiger partial charge in [-0.25, -0.2) is 0 Å². The van der Waals surface area contributed by atoms with Crippen LogP contribution < -0.4 is 33.9 Å². The zero-order valence-corrected chi connectivity index (χ0v) is 21.8. The fourth-order valence-corrected chi connectivity index (χ4v) is 4.67. The summed E-state index contributed by atoms with van der Waals surface area (Å²) in [7, 11) is 0. The highest BCUT2D eigenvalue weighted by Crippen LogP contribution is 2.18. The molecule has 3 aliphatic heterocycles. The lowest BCUT2D eigenvalue weighted by Crippen LogP contribution is -2.26. The van der Waals surface area contributed by atoms with Crippen LogP contribution >= 0.6 is 0 Å². The third-order valence-electron chi connectivity index (χ3n) is 6.91. The number of hydrogen-bond acceptors (Lipinski definition) is 9. The molecule has 6 N–H and O–H groups in total. The minimum absolute atomic E-state index is 0.113. The number of aromatic nitrogens is 3. The van der Waals surface area contributed by atoms with Gasteiger partial charge in [0.25, 0.3) is 16.7 Å². The van der Waals surface area contributed by atoms with Crippen molar-refractivity contribution < 1.29 is 14.2 Å². The summed E-state index contributed by atoms with van der Waals surface area (Å²) >= 11 is 0. The maximum absolute atomic E-state index is 11.5. The summed E-state index contributed by atoms with van der Waals surface area (Å²) in [5.74, 6) is 0. The molecule has 3 aromatic heterocycles. The zero-order chi connectivity index (χ0) is 27.8. The Kier molecular flexibility index (Phi) is 9.58. The van der Waals surface area contributed by atoms with Gasteiger partial charge in [-0.1, -0.05) is 0 Å². The van der Waals surface area contributed by atoms with Crippen molar-refractivity contribution in [3.05, 3.63) is 86.1 Å². The molecule has 0 aromatic carbocycles. The number of rotatable bonds is 3. The quantitative estimate of drug-likeness (QED) is 0.441. The fraction of sp³-hybridized carbons (Fsp3) is 0.444. The predicted octanol–water partition coefficient (Wildman–Crippen LogP) is 1.18. The maximum Gasteiger partial charge on any atom is 0.273 e. The monoisotopic (exact) mass is 540 g/mol. The van der Waals surface area contributed by atoms with Crippen LogP contribution in [0.15, 0.2) is 69.4 Å². The summed E-state index contributed by atoms with van der Waals surface area (Å²) in [5.41, 5.74) is 17.1. The second kappa shape index (κ2) is 13.3. The Bertz CT molecular complexity index is 1230. The molecule has 6 rings (SSSR count). The van der Waals surface area contributed by atoms with E-state index in [-0.39, 0.29) is 34.8 Å². The molecule has 12 heteroatoms. The summed E-state index contributed by atoms with van der Waals surface area (Å²) in [6.07, 6.45) is 7.96. The molecule has 1 unspecified atom stereocenters. The van der Waals surface area contributed by atoms with Gasteiger partial charge in [0.05, 0.1) is 55.0 Å². The number of nitrogen functional groups attached to an aromatic ring is 3. The smallest absolute Gasteiger partial charge is 0.273 e. The molecule has 3 atom stereocenters. The molecule has 6 heterocycles. The third kappa shape index (κ3) is 6.96. The molecule has 0 bridgehead atoms. The predicted molar refractivity (Wildman–Crippen MR) is 149 cm³/mol. The number of pyridine rings is 3. The average Bonchev–Trinajstić information content (AvgIpc) is 3.74. The first-order valence-electron chi connectivity index (χ1n) is 13.0. The van der Waals surface area contributed by atoms with Gasteiger partial charge in [-0.2, -0.15) is 0 Å². The molecule has 39 heavy (non-hydrogen) atoms. The summed E-state index contributed by atoms with van der Waals surface area (Å²) in [4.78, 5) is 34.6. The lowest BCUT2D eigenvalue weighted by atomic mass is 10.2. The van der Waals surface area contributed by atoms with E-state index in [1.165, 1.54) is 0 Å². The van der Waals surface area contributed by atoms with Crippen LogP contribution in [0.3, 0.4) is 0 Å². The van der Waals surface area contributed by atoms with Crippen molar-refractivity contribution >= 4 is 17.1 Å². The van der Waals surface area contributed by atoms with Gasteiger partial charge in [-0.05, 0) is 55.7 Å². The van der Waals surface area contributed by atoms with Crippen LogP contribution in [0.4, 0.5) is 17.1 Å². The van der Waals surface area contributed by atoms with Crippen LogP contribution in [0.25, 0.3) is 0 Å². The van der Waals surface area contributed by atoms with Crippen molar-refractivity contribution in [2.75, 3.05) is 56.8 Å². The minimum atomic E-state index is -0.113.